The molecule has 0 atom stereocenters. The molecule has 0 aromatic heterocycles. The van der Waals surface area contributed by atoms with E-state index in [0.717, 1.165) is 6.04 Å². The SMILES string of the molecule is CC[Si](C)(C)/N=C/C#N. The Labute approximate surface area is 57.3 Å². The van der Waals surface area contributed by atoms with Gasteiger partial charge >= 0.3 is 0 Å². The highest BCUT2D eigenvalue weighted by molar-refractivity contribution is 6.76. The summed E-state index contributed by atoms with van der Waals surface area (Å²) in [5, 5.41) is 8.15. The molecule has 0 bridgehead atoms. The summed E-state index contributed by atoms with van der Waals surface area (Å²) in [5.74, 6) is 0. The van der Waals surface area contributed by atoms with Crippen LogP contribution in [0.4, 0.5) is 0 Å². The van der Waals surface area contributed by atoms with Gasteiger partial charge in [0, 0.05) is 0 Å². The molecule has 0 amide bonds. The van der Waals surface area contributed by atoms with E-state index in [0.29, 0.717) is 0 Å². The first-order valence-corrected chi connectivity index (χ1v) is 6.21. The number of rotatable bonds is 2. The molecule has 0 aromatic carbocycles. The maximum absolute atomic E-state index is 8.15. The summed E-state index contributed by atoms with van der Waals surface area (Å²) >= 11 is 0. The standard InChI is InChI=1S/C6H12N2Si/c1-4-9(2,3)8-6-5-7/h6H,4H2,1-3H3/b8-6+. The van der Waals surface area contributed by atoms with E-state index in [2.05, 4.69) is 24.7 Å². The minimum Gasteiger partial charge on any atom is -0.319 e. The van der Waals surface area contributed by atoms with Crippen molar-refractivity contribution in [2.75, 3.05) is 0 Å². The fourth-order valence-electron chi connectivity index (χ4n) is 0.295. The van der Waals surface area contributed by atoms with E-state index in [9.17, 15) is 0 Å². The van der Waals surface area contributed by atoms with Gasteiger partial charge in [0.2, 0.25) is 0 Å². The van der Waals surface area contributed by atoms with Crippen LogP contribution < -0.4 is 0 Å². The monoisotopic (exact) mass is 140 g/mol. The molecule has 0 rings (SSSR count). The molecule has 9 heavy (non-hydrogen) atoms. The average Bonchev–Trinajstić information content (AvgIpc) is 1.84. The van der Waals surface area contributed by atoms with Gasteiger partial charge in [-0.05, 0) is 19.1 Å². The second-order valence-corrected chi connectivity index (χ2v) is 7.14. The molecular weight excluding hydrogens is 128 g/mol. The minimum absolute atomic E-state index is 1.10. The summed E-state index contributed by atoms with van der Waals surface area (Å²) in [5.41, 5.74) is 0. The van der Waals surface area contributed by atoms with Crippen LogP contribution in [0.25, 0.3) is 0 Å². The van der Waals surface area contributed by atoms with Gasteiger partial charge in [-0.3, -0.25) is 0 Å². The fourth-order valence-corrected chi connectivity index (χ4v) is 0.885. The zero-order valence-corrected chi connectivity index (χ0v) is 7.18. The highest BCUT2D eigenvalue weighted by Crippen LogP contribution is 2.07. The van der Waals surface area contributed by atoms with Crippen LogP contribution in [-0.2, 0) is 0 Å². The van der Waals surface area contributed by atoms with Crippen LogP contribution in [-0.4, -0.2) is 14.5 Å². The van der Waals surface area contributed by atoms with Crippen molar-refractivity contribution in [3.8, 4) is 6.07 Å². The third-order valence-corrected chi connectivity index (χ3v) is 3.90. The van der Waals surface area contributed by atoms with E-state index in [4.69, 9.17) is 5.26 Å². The predicted molar refractivity (Wildman–Crippen MR) is 42.1 cm³/mol. The van der Waals surface area contributed by atoms with Gasteiger partial charge in [-0.25, -0.2) is 0 Å². The summed E-state index contributed by atoms with van der Waals surface area (Å²) in [6, 6.07) is 3.00. The van der Waals surface area contributed by atoms with E-state index in [1.165, 1.54) is 6.21 Å². The van der Waals surface area contributed by atoms with Crippen molar-refractivity contribution < 1.29 is 0 Å². The lowest BCUT2D eigenvalue weighted by Crippen LogP contribution is -2.20. The normalized spacial score (nSPS) is 11.8. The van der Waals surface area contributed by atoms with Gasteiger partial charge < -0.3 is 4.66 Å². The van der Waals surface area contributed by atoms with E-state index in [1.54, 1.807) is 0 Å². The van der Waals surface area contributed by atoms with Crippen molar-refractivity contribution >= 4 is 14.5 Å². The Morgan fingerprint density at radius 1 is 1.67 bits per heavy atom. The van der Waals surface area contributed by atoms with Gasteiger partial charge in [0.15, 0.2) is 8.24 Å². The summed E-state index contributed by atoms with van der Waals surface area (Å²) in [4.78, 5) is 0. The molecule has 50 valence electrons. The molecule has 0 aromatic rings. The number of hydrogen-bond donors (Lipinski definition) is 0. The Bertz CT molecular complexity index is 144. The Hall–Kier alpha value is -0.623. The average molecular weight is 140 g/mol. The molecule has 0 saturated carbocycles. The van der Waals surface area contributed by atoms with Crippen LogP contribution in [0.1, 0.15) is 6.92 Å². The molecule has 3 heteroatoms. The van der Waals surface area contributed by atoms with Gasteiger partial charge in [0.05, 0.1) is 6.21 Å². The van der Waals surface area contributed by atoms with E-state index >= 15 is 0 Å². The smallest absolute Gasteiger partial charge is 0.176 e. The van der Waals surface area contributed by atoms with Crippen LogP contribution in [0.2, 0.25) is 19.1 Å². The molecule has 0 N–H and O–H groups in total. The van der Waals surface area contributed by atoms with Crippen molar-refractivity contribution in [1.82, 2.24) is 0 Å². The van der Waals surface area contributed by atoms with Crippen molar-refractivity contribution in [3.63, 3.8) is 0 Å². The number of nitrogens with zero attached hydrogens (tertiary/aromatic N) is 2. The molecule has 0 radical (unpaired) electrons. The van der Waals surface area contributed by atoms with Gasteiger partial charge in [0.1, 0.15) is 6.07 Å². The first kappa shape index (κ1) is 8.38. The molecule has 2 nitrogen and oxygen atoms in total. The maximum atomic E-state index is 8.15. The van der Waals surface area contributed by atoms with E-state index < -0.39 is 8.24 Å². The fraction of sp³-hybridized carbons (Fsp3) is 0.667. The van der Waals surface area contributed by atoms with E-state index in [-0.39, 0.29) is 0 Å². The highest BCUT2D eigenvalue weighted by Gasteiger charge is 2.14. The molecule has 0 heterocycles. The molecule has 0 fully saturated rings. The van der Waals surface area contributed by atoms with Gasteiger partial charge in [0.25, 0.3) is 0 Å². The van der Waals surface area contributed by atoms with E-state index in [1.807, 2.05) is 6.07 Å². The first-order valence-electron chi connectivity index (χ1n) is 3.05. The van der Waals surface area contributed by atoms with Crippen LogP contribution >= 0.6 is 0 Å². The second kappa shape index (κ2) is 3.41. The largest absolute Gasteiger partial charge is 0.319 e. The maximum Gasteiger partial charge on any atom is 0.176 e. The second-order valence-electron chi connectivity index (χ2n) is 2.55. The molecule has 0 spiro atoms. The van der Waals surface area contributed by atoms with Crippen molar-refractivity contribution in [2.24, 2.45) is 4.66 Å². The quantitative estimate of drug-likeness (QED) is 0.425. The third-order valence-electron chi connectivity index (χ3n) is 1.34. The lowest BCUT2D eigenvalue weighted by Gasteiger charge is -2.10. The zero-order chi connectivity index (χ0) is 7.33. The summed E-state index contributed by atoms with van der Waals surface area (Å²) < 4.78 is 4.15. The highest BCUT2D eigenvalue weighted by atomic mass is 28.3. The van der Waals surface area contributed by atoms with Gasteiger partial charge in [-0.2, -0.15) is 5.26 Å². The van der Waals surface area contributed by atoms with Crippen LogP contribution in [0, 0.1) is 11.3 Å². The van der Waals surface area contributed by atoms with Crippen molar-refractivity contribution in [2.45, 2.75) is 26.1 Å². The molecule has 0 aliphatic heterocycles. The zero-order valence-electron chi connectivity index (χ0n) is 6.18. The first-order chi connectivity index (χ1) is 4.12. The van der Waals surface area contributed by atoms with Crippen LogP contribution in [0.5, 0.6) is 0 Å². The van der Waals surface area contributed by atoms with Crippen LogP contribution in [0.3, 0.4) is 0 Å². The minimum atomic E-state index is -1.35. The molecular formula is C6H12N2Si. The number of nitriles is 1. The summed E-state index contributed by atoms with van der Waals surface area (Å²) in [6.07, 6.45) is 1.36. The lowest BCUT2D eigenvalue weighted by molar-refractivity contribution is 1.32. The molecule has 0 saturated heterocycles. The summed E-state index contributed by atoms with van der Waals surface area (Å²) in [6.45, 7) is 6.39. The summed E-state index contributed by atoms with van der Waals surface area (Å²) in [7, 11) is -1.35. The number of hydrogen-bond acceptors (Lipinski definition) is 2. The van der Waals surface area contributed by atoms with Crippen LogP contribution in [0.15, 0.2) is 4.66 Å². The van der Waals surface area contributed by atoms with Gasteiger partial charge in [-0.1, -0.05) is 6.92 Å². The van der Waals surface area contributed by atoms with Gasteiger partial charge in [-0.15, -0.1) is 0 Å². The Morgan fingerprint density at radius 3 is 2.56 bits per heavy atom. The lowest BCUT2D eigenvalue weighted by atomic mass is 10.9. The van der Waals surface area contributed by atoms with Crippen molar-refractivity contribution in [1.29, 1.82) is 5.26 Å². The Morgan fingerprint density at radius 2 is 2.22 bits per heavy atom. The molecule has 0 aliphatic carbocycles. The van der Waals surface area contributed by atoms with Crippen molar-refractivity contribution in [3.05, 3.63) is 0 Å². The topological polar surface area (TPSA) is 36.1 Å². The molecule has 0 unspecified atom stereocenters. The Kier molecular flexibility index (Phi) is 3.18. The Balaban J connectivity index is 3.89. The predicted octanol–water partition coefficient (Wildman–Crippen LogP) is 1.81. The third kappa shape index (κ3) is 3.92. The molecule has 0 aliphatic rings.